The average molecular weight is 242 g/mol. The molecular weight excluding hydrogens is 236 g/mol. The minimum atomic E-state index is -1.61. The Labute approximate surface area is 52.8 Å². The van der Waals surface area contributed by atoms with Crippen molar-refractivity contribution in [3.05, 3.63) is 0 Å². The summed E-state index contributed by atoms with van der Waals surface area (Å²) in [5, 5.41) is 0. The van der Waals surface area contributed by atoms with Crippen LogP contribution < -0.4 is 0 Å². The molecule has 0 radical (unpaired) electrons. The first kappa shape index (κ1) is 7.27. The van der Waals surface area contributed by atoms with E-state index in [1.54, 1.807) is 0 Å². The zero-order chi connectivity index (χ0) is 5.15. The first-order valence-corrected chi connectivity index (χ1v) is 7.78. The van der Waals surface area contributed by atoms with E-state index >= 15 is 0 Å². The summed E-state index contributed by atoms with van der Waals surface area (Å²) in [6.07, 6.45) is 0. The van der Waals surface area contributed by atoms with Crippen molar-refractivity contribution in [1.29, 1.82) is 0 Å². The Balaban J connectivity index is 2.99. The molecule has 0 aromatic carbocycles. The summed E-state index contributed by atoms with van der Waals surface area (Å²) >= 11 is -1.61. The van der Waals surface area contributed by atoms with Crippen molar-refractivity contribution >= 4 is 35.7 Å². The maximum absolute atomic E-state index is 5.46. The van der Waals surface area contributed by atoms with Gasteiger partial charge in [-0.3, -0.25) is 0 Å². The fourth-order valence-corrected chi connectivity index (χ4v) is 0. The van der Waals surface area contributed by atoms with E-state index in [0.29, 0.717) is 0 Å². The standard InChI is InChI=1S/C2H6Cl2IN/c1-6(2)5(3)4/h1-2H3. The van der Waals surface area contributed by atoms with Gasteiger partial charge in [-0.1, -0.05) is 0 Å². The zero-order valence-electron chi connectivity index (χ0n) is 3.58. The second kappa shape index (κ2) is 3.29. The monoisotopic (exact) mass is 241 g/mol. The topological polar surface area (TPSA) is 3.24 Å². The summed E-state index contributed by atoms with van der Waals surface area (Å²) in [7, 11) is 14.7. The van der Waals surface area contributed by atoms with Crippen LogP contribution in [-0.4, -0.2) is 17.2 Å². The van der Waals surface area contributed by atoms with Gasteiger partial charge in [0, 0.05) is 0 Å². The summed E-state index contributed by atoms with van der Waals surface area (Å²) in [6, 6.07) is 0. The van der Waals surface area contributed by atoms with Crippen LogP contribution in [0, 0.1) is 0 Å². The molecule has 0 aliphatic carbocycles. The van der Waals surface area contributed by atoms with Crippen LogP contribution in [0.5, 0.6) is 0 Å². The van der Waals surface area contributed by atoms with Crippen molar-refractivity contribution in [2.24, 2.45) is 0 Å². The van der Waals surface area contributed by atoms with Crippen LogP contribution in [0.15, 0.2) is 0 Å². The maximum atomic E-state index is 5.46. The van der Waals surface area contributed by atoms with Crippen molar-refractivity contribution in [3.63, 3.8) is 0 Å². The number of hydrogen-bond donors (Lipinski definition) is 0. The van der Waals surface area contributed by atoms with E-state index in [1.165, 1.54) is 0 Å². The van der Waals surface area contributed by atoms with Gasteiger partial charge in [0.2, 0.25) is 0 Å². The molecule has 0 aromatic heterocycles. The molecule has 0 rings (SSSR count). The van der Waals surface area contributed by atoms with Crippen LogP contribution in [0.1, 0.15) is 0 Å². The van der Waals surface area contributed by atoms with Gasteiger partial charge in [0.25, 0.3) is 0 Å². The first-order valence-electron chi connectivity index (χ1n) is 1.35. The third kappa shape index (κ3) is 3.46. The van der Waals surface area contributed by atoms with Crippen molar-refractivity contribution in [1.82, 2.24) is 3.11 Å². The van der Waals surface area contributed by atoms with Crippen LogP contribution in [0.3, 0.4) is 0 Å². The fourth-order valence-electron chi connectivity index (χ4n) is 0. The zero-order valence-corrected chi connectivity index (χ0v) is 7.25. The summed E-state index contributed by atoms with van der Waals surface area (Å²) in [4.78, 5) is 0. The Morgan fingerprint density at radius 2 is 1.50 bits per heavy atom. The van der Waals surface area contributed by atoms with Gasteiger partial charge in [-0.15, -0.1) is 0 Å². The number of rotatable bonds is 1. The van der Waals surface area contributed by atoms with Crippen LogP contribution in [0.25, 0.3) is 0 Å². The van der Waals surface area contributed by atoms with E-state index in [0.717, 1.165) is 0 Å². The molecule has 0 aliphatic rings. The Kier molecular flexibility index (Phi) is 3.99. The molecule has 6 heavy (non-hydrogen) atoms. The second-order valence-electron chi connectivity index (χ2n) is 0.967. The molecule has 0 unspecified atom stereocenters. The van der Waals surface area contributed by atoms with Crippen molar-refractivity contribution in [3.8, 4) is 0 Å². The van der Waals surface area contributed by atoms with Crippen molar-refractivity contribution < 1.29 is 0 Å². The summed E-state index contributed by atoms with van der Waals surface area (Å²) < 4.78 is 1.85. The predicted octanol–water partition coefficient (Wildman–Crippen LogP) is 2.28. The predicted molar refractivity (Wildman–Crippen MR) is 39.4 cm³/mol. The number of nitrogens with zero attached hydrogens (tertiary/aromatic N) is 1. The fraction of sp³-hybridized carbons (Fsp3) is 1.00. The molecule has 4 heteroatoms. The summed E-state index contributed by atoms with van der Waals surface area (Å²) in [5.74, 6) is 0. The summed E-state index contributed by atoms with van der Waals surface area (Å²) in [6.45, 7) is 0. The first-order chi connectivity index (χ1) is 2.64. The quantitative estimate of drug-likeness (QED) is 0.503. The average Bonchev–Trinajstić information content (AvgIpc) is 1.36. The Morgan fingerprint density at radius 3 is 1.50 bits per heavy atom. The molecule has 0 aliphatic heterocycles. The molecule has 0 N–H and O–H groups in total. The molecule has 0 atom stereocenters. The summed E-state index contributed by atoms with van der Waals surface area (Å²) in [5.41, 5.74) is 0. The van der Waals surface area contributed by atoms with Gasteiger partial charge < -0.3 is 0 Å². The minimum absolute atomic E-state index is 1.61. The van der Waals surface area contributed by atoms with Gasteiger partial charge >= 0.3 is 52.9 Å². The molecule has 0 aromatic rings. The Hall–Kier alpha value is 1.27. The van der Waals surface area contributed by atoms with Gasteiger partial charge in [0.1, 0.15) is 0 Å². The number of hydrogen-bond acceptors (Lipinski definition) is 1. The molecule has 0 bridgehead atoms. The molecule has 0 saturated carbocycles. The van der Waals surface area contributed by atoms with E-state index in [1.807, 2.05) is 17.2 Å². The van der Waals surface area contributed by atoms with E-state index in [2.05, 4.69) is 0 Å². The Morgan fingerprint density at radius 1 is 1.33 bits per heavy atom. The molecule has 0 saturated heterocycles. The van der Waals surface area contributed by atoms with Gasteiger partial charge in [-0.2, -0.15) is 0 Å². The van der Waals surface area contributed by atoms with E-state index in [9.17, 15) is 0 Å². The molecule has 0 amide bonds. The van der Waals surface area contributed by atoms with E-state index in [-0.39, 0.29) is 0 Å². The van der Waals surface area contributed by atoms with Gasteiger partial charge in [0.15, 0.2) is 0 Å². The van der Waals surface area contributed by atoms with E-state index < -0.39 is 17.8 Å². The van der Waals surface area contributed by atoms with Crippen LogP contribution >= 0.6 is 35.7 Å². The third-order valence-electron chi connectivity index (χ3n) is 0.256. The SMILES string of the molecule is CN(C)I(Cl)Cl. The van der Waals surface area contributed by atoms with Crippen LogP contribution in [0.4, 0.5) is 0 Å². The number of halogens is 3. The molecular formula is C2H6Cl2IN. The van der Waals surface area contributed by atoms with E-state index in [4.69, 9.17) is 17.8 Å². The van der Waals surface area contributed by atoms with Crippen LogP contribution in [0.2, 0.25) is 0 Å². The van der Waals surface area contributed by atoms with Gasteiger partial charge in [-0.05, 0) is 0 Å². The van der Waals surface area contributed by atoms with Crippen molar-refractivity contribution in [2.45, 2.75) is 0 Å². The molecule has 1 nitrogen and oxygen atoms in total. The van der Waals surface area contributed by atoms with Crippen molar-refractivity contribution in [2.75, 3.05) is 14.1 Å². The third-order valence-corrected chi connectivity index (χ3v) is 5.14. The molecule has 0 spiro atoms. The molecule has 0 heterocycles. The van der Waals surface area contributed by atoms with Crippen LogP contribution in [-0.2, 0) is 0 Å². The molecule has 0 fully saturated rings. The van der Waals surface area contributed by atoms with Gasteiger partial charge in [0.05, 0.1) is 0 Å². The van der Waals surface area contributed by atoms with Gasteiger partial charge in [-0.25, -0.2) is 0 Å². The Bertz CT molecular complexity index is 32.5. The normalized spacial score (nSPS) is 12.5. The second-order valence-corrected chi connectivity index (χ2v) is 8.55. The molecule has 40 valence electrons.